The summed E-state index contributed by atoms with van der Waals surface area (Å²) in [6.07, 6.45) is 5.95. The first-order valence-corrected chi connectivity index (χ1v) is 7.42. The Bertz CT molecular complexity index is 386. The maximum atomic E-state index is 6.73. The Balaban J connectivity index is 2.25. The third-order valence-corrected chi connectivity index (χ3v) is 4.27. The summed E-state index contributed by atoms with van der Waals surface area (Å²) in [5.74, 6) is 1.49. The van der Waals surface area contributed by atoms with Crippen LogP contribution in [0.1, 0.15) is 57.6 Å². The molecule has 0 bridgehead atoms. The molecule has 1 aromatic carbocycles. The van der Waals surface area contributed by atoms with Crippen LogP contribution in [0.15, 0.2) is 24.3 Å². The van der Waals surface area contributed by atoms with Gasteiger partial charge in [-0.1, -0.05) is 51.5 Å². The molecule has 1 heteroatoms. The lowest BCUT2D eigenvalue weighted by Crippen LogP contribution is -2.43. The van der Waals surface area contributed by atoms with Crippen LogP contribution in [0.2, 0.25) is 0 Å². The molecule has 1 aliphatic carbocycles. The summed E-state index contributed by atoms with van der Waals surface area (Å²) in [7, 11) is 0. The zero-order valence-electron chi connectivity index (χ0n) is 12.1. The molecule has 0 radical (unpaired) electrons. The van der Waals surface area contributed by atoms with Gasteiger partial charge >= 0.3 is 0 Å². The summed E-state index contributed by atoms with van der Waals surface area (Å²) in [5.41, 5.74) is 9.42. The van der Waals surface area contributed by atoms with Gasteiger partial charge in [0.1, 0.15) is 0 Å². The van der Waals surface area contributed by atoms with Gasteiger partial charge in [0, 0.05) is 5.54 Å². The molecule has 1 fully saturated rings. The molecule has 1 nitrogen and oxygen atoms in total. The van der Waals surface area contributed by atoms with Gasteiger partial charge in [0.05, 0.1) is 0 Å². The first kappa shape index (κ1) is 13.6. The van der Waals surface area contributed by atoms with Gasteiger partial charge < -0.3 is 5.73 Å². The molecule has 0 spiro atoms. The second-order valence-electron chi connectivity index (χ2n) is 6.46. The molecule has 2 atom stereocenters. The zero-order valence-corrected chi connectivity index (χ0v) is 12.1. The zero-order chi connectivity index (χ0) is 13.2. The van der Waals surface area contributed by atoms with E-state index >= 15 is 0 Å². The maximum Gasteiger partial charge on any atom is 0.0414 e. The number of hydrogen-bond donors (Lipinski definition) is 1. The van der Waals surface area contributed by atoms with Crippen LogP contribution in [-0.4, -0.2) is 0 Å². The van der Waals surface area contributed by atoms with Gasteiger partial charge in [-0.3, -0.25) is 0 Å². The van der Waals surface area contributed by atoms with Gasteiger partial charge in [0.15, 0.2) is 0 Å². The van der Waals surface area contributed by atoms with Crippen LogP contribution in [0.25, 0.3) is 0 Å². The minimum Gasteiger partial charge on any atom is -0.321 e. The SMILES string of the molecule is CCCc1cccc(C2(N)CC(C)CC(C)C2)c1. The Hall–Kier alpha value is -0.820. The van der Waals surface area contributed by atoms with Gasteiger partial charge in [-0.25, -0.2) is 0 Å². The van der Waals surface area contributed by atoms with Crippen molar-refractivity contribution in [2.24, 2.45) is 17.6 Å². The fourth-order valence-electron chi connectivity index (χ4n) is 3.74. The lowest BCUT2D eigenvalue weighted by atomic mass is 9.69. The topological polar surface area (TPSA) is 26.0 Å². The van der Waals surface area contributed by atoms with E-state index in [1.807, 2.05) is 0 Å². The molecule has 18 heavy (non-hydrogen) atoms. The highest BCUT2D eigenvalue weighted by molar-refractivity contribution is 5.30. The normalized spacial score (nSPS) is 32.4. The van der Waals surface area contributed by atoms with E-state index in [-0.39, 0.29) is 5.54 Å². The Morgan fingerprint density at radius 1 is 1.22 bits per heavy atom. The second kappa shape index (κ2) is 5.44. The second-order valence-corrected chi connectivity index (χ2v) is 6.46. The predicted molar refractivity (Wildman–Crippen MR) is 78.5 cm³/mol. The van der Waals surface area contributed by atoms with Gasteiger partial charge in [-0.05, 0) is 48.6 Å². The largest absolute Gasteiger partial charge is 0.321 e. The van der Waals surface area contributed by atoms with E-state index in [2.05, 4.69) is 45.0 Å². The van der Waals surface area contributed by atoms with Crippen molar-refractivity contribution in [1.29, 1.82) is 0 Å². The van der Waals surface area contributed by atoms with Crippen LogP contribution < -0.4 is 5.73 Å². The van der Waals surface area contributed by atoms with Crippen molar-refractivity contribution in [2.75, 3.05) is 0 Å². The minimum atomic E-state index is -0.0964. The van der Waals surface area contributed by atoms with Crippen molar-refractivity contribution < 1.29 is 0 Å². The number of aryl methyl sites for hydroxylation is 1. The lowest BCUT2D eigenvalue weighted by molar-refractivity contribution is 0.183. The molecule has 1 saturated carbocycles. The van der Waals surface area contributed by atoms with Crippen molar-refractivity contribution in [1.82, 2.24) is 0 Å². The van der Waals surface area contributed by atoms with E-state index in [0.717, 1.165) is 31.1 Å². The average molecular weight is 245 g/mol. The van der Waals surface area contributed by atoms with E-state index in [4.69, 9.17) is 5.73 Å². The molecule has 2 rings (SSSR count). The van der Waals surface area contributed by atoms with Crippen molar-refractivity contribution in [3.63, 3.8) is 0 Å². The van der Waals surface area contributed by atoms with Crippen LogP contribution in [0, 0.1) is 11.8 Å². The van der Waals surface area contributed by atoms with Crippen LogP contribution in [0.4, 0.5) is 0 Å². The first-order chi connectivity index (χ1) is 8.53. The summed E-state index contributed by atoms with van der Waals surface area (Å²) < 4.78 is 0. The van der Waals surface area contributed by atoms with Crippen LogP contribution >= 0.6 is 0 Å². The predicted octanol–water partition coefficient (Wildman–Crippen LogP) is 4.25. The van der Waals surface area contributed by atoms with Crippen LogP contribution in [0.5, 0.6) is 0 Å². The summed E-state index contributed by atoms with van der Waals surface area (Å²) >= 11 is 0. The molecule has 1 aliphatic rings. The summed E-state index contributed by atoms with van der Waals surface area (Å²) in [6.45, 7) is 6.91. The molecule has 0 aliphatic heterocycles. The number of rotatable bonds is 3. The van der Waals surface area contributed by atoms with E-state index < -0.39 is 0 Å². The minimum absolute atomic E-state index is 0.0964. The van der Waals surface area contributed by atoms with Gasteiger partial charge in [-0.2, -0.15) is 0 Å². The third-order valence-electron chi connectivity index (χ3n) is 4.27. The summed E-state index contributed by atoms with van der Waals surface area (Å²) in [6, 6.07) is 8.98. The molecule has 2 unspecified atom stereocenters. The van der Waals surface area contributed by atoms with Gasteiger partial charge in [0.2, 0.25) is 0 Å². The number of hydrogen-bond acceptors (Lipinski definition) is 1. The van der Waals surface area contributed by atoms with E-state index in [1.54, 1.807) is 0 Å². The Morgan fingerprint density at radius 2 is 1.89 bits per heavy atom. The molecular weight excluding hydrogens is 218 g/mol. The molecule has 2 N–H and O–H groups in total. The van der Waals surface area contributed by atoms with Crippen LogP contribution in [-0.2, 0) is 12.0 Å². The quantitative estimate of drug-likeness (QED) is 0.846. The fourth-order valence-corrected chi connectivity index (χ4v) is 3.74. The molecule has 100 valence electrons. The standard InChI is InChI=1S/C17H27N/c1-4-6-15-7-5-8-16(10-15)17(18)11-13(2)9-14(3)12-17/h5,7-8,10,13-14H,4,6,9,11-12,18H2,1-3H3. The van der Waals surface area contributed by atoms with Crippen molar-refractivity contribution in [2.45, 2.75) is 58.4 Å². The third kappa shape index (κ3) is 2.95. The monoisotopic (exact) mass is 245 g/mol. The van der Waals surface area contributed by atoms with E-state index in [9.17, 15) is 0 Å². The fraction of sp³-hybridized carbons (Fsp3) is 0.647. The smallest absolute Gasteiger partial charge is 0.0414 e. The Kier molecular flexibility index (Phi) is 4.11. The molecule has 0 saturated heterocycles. The van der Waals surface area contributed by atoms with E-state index in [0.29, 0.717) is 0 Å². The van der Waals surface area contributed by atoms with Crippen molar-refractivity contribution in [3.8, 4) is 0 Å². The summed E-state index contributed by atoms with van der Waals surface area (Å²) in [4.78, 5) is 0. The molecule has 0 aromatic heterocycles. The summed E-state index contributed by atoms with van der Waals surface area (Å²) in [5, 5.41) is 0. The highest BCUT2D eigenvalue weighted by Crippen LogP contribution is 2.40. The Labute approximate surface area is 112 Å². The molecule has 1 aromatic rings. The number of nitrogens with two attached hydrogens (primary N) is 1. The number of benzene rings is 1. The average Bonchev–Trinajstić information content (AvgIpc) is 2.28. The highest BCUT2D eigenvalue weighted by Gasteiger charge is 2.35. The maximum absolute atomic E-state index is 6.73. The van der Waals surface area contributed by atoms with Gasteiger partial charge in [0.25, 0.3) is 0 Å². The van der Waals surface area contributed by atoms with Gasteiger partial charge in [-0.15, -0.1) is 0 Å². The molecular formula is C17H27N. The van der Waals surface area contributed by atoms with Crippen molar-refractivity contribution >= 4 is 0 Å². The molecule has 0 amide bonds. The van der Waals surface area contributed by atoms with Crippen LogP contribution in [0.3, 0.4) is 0 Å². The molecule has 0 heterocycles. The van der Waals surface area contributed by atoms with E-state index in [1.165, 1.54) is 24.0 Å². The van der Waals surface area contributed by atoms with Crippen molar-refractivity contribution in [3.05, 3.63) is 35.4 Å². The Morgan fingerprint density at radius 3 is 2.50 bits per heavy atom. The lowest BCUT2D eigenvalue weighted by Gasteiger charge is -2.40. The first-order valence-electron chi connectivity index (χ1n) is 7.42. The highest BCUT2D eigenvalue weighted by atomic mass is 14.8.